The maximum absolute atomic E-state index is 11.5. The van der Waals surface area contributed by atoms with Gasteiger partial charge in [0.25, 0.3) is 0 Å². The van der Waals surface area contributed by atoms with Crippen LogP contribution in [0.15, 0.2) is 0 Å². The summed E-state index contributed by atoms with van der Waals surface area (Å²) in [4.78, 5) is 20.4. The molecular formula is C16H25ClN4O2. The molecule has 6 nitrogen and oxygen atoms in total. The summed E-state index contributed by atoms with van der Waals surface area (Å²) in [6.45, 7) is 8.65. The number of amides is 1. The van der Waals surface area contributed by atoms with E-state index in [1.165, 1.54) is 0 Å². The molecule has 0 radical (unpaired) electrons. The molecule has 0 saturated heterocycles. The maximum Gasteiger partial charge on any atom is 0.407 e. The number of rotatable bonds is 6. The molecule has 1 saturated carbocycles. The predicted molar refractivity (Wildman–Crippen MR) is 91.1 cm³/mol. The number of carbonyl (C=O) groups excluding carboxylic acids is 1. The minimum absolute atomic E-state index is 0.394. The zero-order valence-electron chi connectivity index (χ0n) is 14.2. The molecule has 0 unspecified atom stereocenters. The number of hydrogen-bond donors (Lipinski definition) is 2. The molecule has 0 bridgehead atoms. The highest BCUT2D eigenvalue weighted by Gasteiger charge is 2.28. The topological polar surface area (TPSA) is 76.1 Å². The van der Waals surface area contributed by atoms with E-state index in [1.807, 2.05) is 27.7 Å². The van der Waals surface area contributed by atoms with Gasteiger partial charge in [-0.15, -0.1) is 0 Å². The first kappa shape index (κ1) is 17.8. The van der Waals surface area contributed by atoms with Crippen LogP contribution < -0.4 is 10.6 Å². The molecule has 2 N–H and O–H groups in total. The highest BCUT2D eigenvalue weighted by molar-refractivity contribution is 6.30. The van der Waals surface area contributed by atoms with Crippen molar-refractivity contribution in [3.63, 3.8) is 0 Å². The zero-order chi connectivity index (χ0) is 17.0. The van der Waals surface area contributed by atoms with Gasteiger partial charge in [0.2, 0.25) is 0 Å². The van der Waals surface area contributed by atoms with E-state index < -0.39 is 11.7 Å². The van der Waals surface area contributed by atoms with Crippen LogP contribution >= 0.6 is 11.6 Å². The van der Waals surface area contributed by atoms with Crippen LogP contribution in [0, 0.1) is 6.92 Å². The van der Waals surface area contributed by atoms with Gasteiger partial charge in [-0.25, -0.2) is 14.8 Å². The molecule has 1 aliphatic carbocycles. The monoisotopic (exact) mass is 340 g/mol. The number of alkyl carbamates (subject to hydrolysis) is 1. The Kier molecular flexibility index (Phi) is 5.68. The smallest absolute Gasteiger partial charge is 0.407 e. The van der Waals surface area contributed by atoms with Gasteiger partial charge in [-0.2, -0.15) is 0 Å². The summed E-state index contributed by atoms with van der Waals surface area (Å²) >= 11 is 6.17. The lowest BCUT2D eigenvalue weighted by atomic mass is 10.2. The van der Waals surface area contributed by atoms with Gasteiger partial charge in [0.05, 0.1) is 0 Å². The number of halogens is 1. The van der Waals surface area contributed by atoms with Crippen molar-refractivity contribution in [2.75, 3.05) is 18.4 Å². The minimum Gasteiger partial charge on any atom is -0.444 e. The summed E-state index contributed by atoms with van der Waals surface area (Å²) in [5.74, 6) is 2.07. The van der Waals surface area contributed by atoms with Gasteiger partial charge < -0.3 is 15.4 Å². The van der Waals surface area contributed by atoms with Crippen LogP contribution in [0.2, 0.25) is 5.15 Å². The van der Waals surface area contributed by atoms with E-state index in [0.717, 1.165) is 36.5 Å². The van der Waals surface area contributed by atoms with E-state index in [1.54, 1.807) is 0 Å². The highest BCUT2D eigenvalue weighted by Crippen LogP contribution is 2.39. The summed E-state index contributed by atoms with van der Waals surface area (Å²) < 4.78 is 5.18. The summed E-state index contributed by atoms with van der Waals surface area (Å²) in [6.07, 6.45) is 2.64. The van der Waals surface area contributed by atoms with Crippen molar-refractivity contribution in [2.24, 2.45) is 0 Å². The summed E-state index contributed by atoms with van der Waals surface area (Å²) in [7, 11) is 0. The number of anilines is 1. The molecule has 0 atom stereocenters. The SMILES string of the molecule is Cc1c(Cl)nc(C2CC2)nc1NCCCNC(=O)OC(C)(C)C. The summed E-state index contributed by atoms with van der Waals surface area (Å²) in [5, 5.41) is 6.51. The number of carbonyl (C=O) groups is 1. The van der Waals surface area contributed by atoms with Gasteiger partial charge >= 0.3 is 6.09 Å². The number of aromatic nitrogens is 2. The first-order valence-electron chi connectivity index (χ1n) is 8.01. The molecule has 1 fully saturated rings. The Labute approximate surface area is 142 Å². The first-order chi connectivity index (χ1) is 10.8. The molecule has 1 aromatic heterocycles. The minimum atomic E-state index is -0.476. The lowest BCUT2D eigenvalue weighted by Gasteiger charge is -2.19. The molecule has 7 heteroatoms. The van der Waals surface area contributed by atoms with Gasteiger partial charge in [-0.1, -0.05) is 11.6 Å². The average Bonchev–Trinajstić information content (AvgIpc) is 3.25. The van der Waals surface area contributed by atoms with Crippen molar-refractivity contribution >= 4 is 23.5 Å². The van der Waals surface area contributed by atoms with Crippen LogP contribution in [0.25, 0.3) is 0 Å². The second kappa shape index (κ2) is 7.34. The Morgan fingerprint density at radius 1 is 1.30 bits per heavy atom. The standard InChI is InChI=1S/C16H25ClN4O2/c1-10-12(17)20-14(11-6-7-11)21-13(10)18-8-5-9-19-15(22)23-16(2,3)4/h11H,5-9H2,1-4H3,(H,19,22)(H,18,20,21). The van der Waals surface area contributed by atoms with Crippen LogP contribution in [0.5, 0.6) is 0 Å². The number of nitrogens with zero attached hydrogens (tertiary/aromatic N) is 2. The molecule has 1 heterocycles. The zero-order valence-corrected chi connectivity index (χ0v) is 15.0. The van der Waals surface area contributed by atoms with Crippen LogP contribution in [0.4, 0.5) is 10.6 Å². The molecule has 1 amide bonds. The Bertz CT molecular complexity index is 568. The third kappa shape index (κ3) is 5.86. The van der Waals surface area contributed by atoms with E-state index in [-0.39, 0.29) is 0 Å². The fourth-order valence-electron chi connectivity index (χ4n) is 2.00. The van der Waals surface area contributed by atoms with E-state index in [9.17, 15) is 4.79 Å². The lowest BCUT2D eigenvalue weighted by Crippen LogP contribution is -2.33. The van der Waals surface area contributed by atoms with Gasteiger partial charge in [-0.05, 0) is 47.0 Å². The molecule has 0 aromatic carbocycles. The Hall–Kier alpha value is -1.56. The van der Waals surface area contributed by atoms with E-state index >= 15 is 0 Å². The third-order valence-electron chi connectivity index (χ3n) is 3.36. The van der Waals surface area contributed by atoms with Crippen LogP contribution in [-0.4, -0.2) is 34.8 Å². The Morgan fingerprint density at radius 2 is 2.00 bits per heavy atom. The van der Waals surface area contributed by atoms with Crippen LogP contribution in [0.1, 0.15) is 57.3 Å². The molecular weight excluding hydrogens is 316 g/mol. The number of ether oxygens (including phenoxy) is 1. The highest BCUT2D eigenvalue weighted by atomic mass is 35.5. The second-order valence-electron chi connectivity index (χ2n) is 6.83. The quantitative estimate of drug-likeness (QED) is 0.610. The van der Waals surface area contributed by atoms with Crippen molar-refractivity contribution in [1.29, 1.82) is 0 Å². The van der Waals surface area contributed by atoms with Gasteiger partial charge in [-0.3, -0.25) is 0 Å². The fraction of sp³-hybridized carbons (Fsp3) is 0.688. The van der Waals surface area contributed by atoms with Crippen molar-refractivity contribution < 1.29 is 9.53 Å². The molecule has 1 aliphatic rings. The second-order valence-corrected chi connectivity index (χ2v) is 7.19. The molecule has 0 spiro atoms. The van der Waals surface area contributed by atoms with Crippen molar-refractivity contribution in [3.8, 4) is 0 Å². The normalized spacial score (nSPS) is 14.5. The Balaban J connectivity index is 1.75. The van der Waals surface area contributed by atoms with Crippen molar-refractivity contribution in [3.05, 3.63) is 16.5 Å². The molecule has 0 aliphatic heterocycles. The molecule has 23 heavy (non-hydrogen) atoms. The van der Waals surface area contributed by atoms with E-state index in [4.69, 9.17) is 16.3 Å². The molecule has 2 rings (SSSR count). The van der Waals surface area contributed by atoms with Crippen molar-refractivity contribution in [1.82, 2.24) is 15.3 Å². The third-order valence-corrected chi connectivity index (χ3v) is 3.73. The van der Waals surface area contributed by atoms with Crippen LogP contribution in [0.3, 0.4) is 0 Å². The van der Waals surface area contributed by atoms with Crippen LogP contribution in [-0.2, 0) is 4.74 Å². The van der Waals surface area contributed by atoms with Crippen molar-refractivity contribution in [2.45, 2.75) is 58.5 Å². The lowest BCUT2D eigenvalue weighted by molar-refractivity contribution is 0.0528. The molecule has 1 aromatic rings. The fourth-order valence-corrected chi connectivity index (χ4v) is 2.18. The van der Waals surface area contributed by atoms with Gasteiger partial charge in [0.15, 0.2) is 0 Å². The largest absolute Gasteiger partial charge is 0.444 e. The van der Waals surface area contributed by atoms with E-state index in [2.05, 4.69) is 20.6 Å². The Morgan fingerprint density at radius 3 is 2.61 bits per heavy atom. The van der Waals surface area contributed by atoms with Gasteiger partial charge in [0, 0.05) is 24.6 Å². The average molecular weight is 341 g/mol. The van der Waals surface area contributed by atoms with E-state index in [0.29, 0.717) is 24.2 Å². The summed E-state index contributed by atoms with van der Waals surface area (Å²) in [6, 6.07) is 0. The maximum atomic E-state index is 11.5. The number of nitrogens with one attached hydrogen (secondary N) is 2. The molecule has 128 valence electrons. The first-order valence-corrected chi connectivity index (χ1v) is 8.39. The number of hydrogen-bond acceptors (Lipinski definition) is 5. The summed E-state index contributed by atoms with van der Waals surface area (Å²) in [5.41, 5.74) is 0.382. The van der Waals surface area contributed by atoms with Gasteiger partial charge in [0.1, 0.15) is 22.4 Å². The predicted octanol–water partition coefficient (Wildman–Crippen LogP) is 3.64.